The van der Waals surface area contributed by atoms with Gasteiger partial charge in [-0.1, -0.05) is 12.1 Å². The maximum atomic E-state index is 14.2. The molecule has 0 fully saturated rings. The number of anilines is 3. The number of nitrogens with one attached hydrogen (secondary N) is 2. The van der Waals surface area contributed by atoms with E-state index in [4.69, 9.17) is 9.90 Å². The molecule has 0 saturated carbocycles. The van der Waals surface area contributed by atoms with E-state index in [1.165, 1.54) is 24.0 Å². The SMILES string of the molecule is Cc1ccc(S(=O)(=O)Nc2ccc(Nc3cc(-c4ccc5c(ccn5CCN(C)C)c4)ncn3)cc2)c(F)c1.O=CO. The molecule has 218 valence electrons. The minimum Gasteiger partial charge on any atom is -0.483 e. The number of rotatable bonds is 9. The highest BCUT2D eigenvalue weighted by atomic mass is 32.2. The third-order valence-electron chi connectivity index (χ3n) is 6.31. The number of carbonyl (C=O) groups is 1. The molecule has 0 spiro atoms. The Kier molecular flexibility index (Phi) is 9.50. The van der Waals surface area contributed by atoms with Crippen LogP contribution in [0.5, 0.6) is 0 Å². The first-order chi connectivity index (χ1) is 20.1. The number of benzene rings is 3. The maximum Gasteiger partial charge on any atom is 0.290 e. The summed E-state index contributed by atoms with van der Waals surface area (Å²) in [6.07, 6.45) is 3.61. The molecule has 0 aliphatic heterocycles. The van der Waals surface area contributed by atoms with Crippen LogP contribution in [0.25, 0.3) is 22.2 Å². The van der Waals surface area contributed by atoms with Gasteiger partial charge in [-0.25, -0.2) is 22.8 Å². The summed E-state index contributed by atoms with van der Waals surface area (Å²) >= 11 is 0. The van der Waals surface area contributed by atoms with Crippen molar-refractivity contribution in [1.82, 2.24) is 19.4 Å². The Bertz CT molecular complexity index is 1790. The predicted molar refractivity (Wildman–Crippen MR) is 162 cm³/mol. The molecular weight excluding hydrogens is 559 g/mol. The molecule has 3 aromatic carbocycles. The van der Waals surface area contributed by atoms with Gasteiger partial charge in [0.2, 0.25) is 0 Å². The lowest BCUT2D eigenvalue weighted by molar-refractivity contribution is -0.122. The first kappa shape index (κ1) is 30.2. The van der Waals surface area contributed by atoms with Gasteiger partial charge in [0.05, 0.1) is 5.69 Å². The van der Waals surface area contributed by atoms with Gasteiger partial charge in [0.15, 0.2) is 0 Å². The lowest BCUT2D eigenvalue weighted by Crippen LogP contribution is -2.17. The Balaban J connectivity index is 0.00000129. The normalized spacial score (nSPS) is 11.2. The molecule has 0 amide bonds. The van der Waals surface area contributed by atoms with Gasteiger partial charge in [-0.3, -0.25) is 9.52 Å². The van der Waals surface area contributed by atoms with Gasteiger partial charge >= 0.3 is 0 Å². The topological polar surface area (TPSA) is 129 Å². The fourth-order valence-electron chi connectivity index (χ4n) is 4.25. The van der Waals surface area contributed by atoms with E-state index in [0.717, 1.165) is 29.7 Å². The van der Waals surface area contributed by atoms with E-state index in [2.05, 4.69) is 74.0 Å². The largest absolute Gasteiger partial charge is 0.483 e. The first-order valence-corrected chi connectivity index (χ1v) is 14.4. The summed E-state index contributed by atoms with van der Waals surface area (Å²) in [7, 11) is 0.0693. The van der Waals surface area contributed by atoms with Crippen LogP contribution in [-0.4, -0.2) is 60.1 Å². The Morgan fingerprint density at radius 1 is 0.976 bits per heavy atom. The number of nitrogens with zero attached hydrogens (tertiary/aromatic N) is 4. The summed E-state index contributed by atoms with van der Waals surface area (Å²) in [5.74, 6) is -0.194. The van der Waals surface area contributed by atoms with Crippen molar-refractivity contribution in [2.24, 2.45) is 0 Å². The number of halogens is 1. The second kappa shape index (κ2) is 13.2. The zero-order chi connectivity index (χ0) is 30.3. The molecule has 0 radical (unpaired) electrons. The molecule has 5 rings (SSSR count). The Morgan fingerprint density at radius 3 is 2.38 bits per heavy atom. The zero-order valence-corrected chi connectivity index (χ0v) is 24.1. The molecule has 0 aliphatic rings. The maximum absolute atomic E-state index is 14.2. The molecule has 42 heavy (non-hydrogen) atoms. The minimum atomic E-state index is -4.06. The summed E-state index contributed by atoms with van der Waals surface area (Å²) < 4.78 is 44.1. The number of hydrogen-bond donors (Lipinski definition) is 3. The van der Waals surface area contributed by atoms with E-state index in [9.17, 15) is 12.8 Å². The van der Waals surface area contributed by atoms with Crippen LogP contribution in [0.15, 0.2) is 90.2 Å². The van der Waals surface area contributed by atoms with Crippen molar-refractivity contribution in [3.8, 4) is 11.3 Å². The van der Waals surface area contributed by atoms with Crippen LogP contribution in [0.1, 0.15) is 5.56 Å². The Labute approximate surface area is 243 Å². The highest BCUT2D eigenvalue weighted by Gasteiger charge is 2.19. The van der Waals surface area contributed by atoms with Crippen LogP contribution < -0.4 is 10.0 Å². The van der Waals surface area contributed by atoms with E-state index in [-0.39, 0.29) is 6.47 Å². The summed E-state index contributed by atoms with van der Waals surface area (Å²) in [6, 6.07) is 20.9. The van der Waals surface area contributed by atoms with E-state index < -0.39 is 20.7 Å². The number of hydrogen-bond acceptors (Lipinski definition) is 7. The number of sulfonamides is 1. The molecular formula is C30H31FN6O4S. The third-order valence-corrected chi connectivity index (χ3v) is 7.72. The second-order valence-electron chi connectivity index (χ2n) is 9.72. The smallest absolute Gasteiger partial charge is 0.290 e. The van der Waals surface area contributed by atoms with Crippen molar-refractivity contribution in [3.05, 3.63) is 96.7 Å². The molecule has 0 unspecified atom stereocenters. The van der Waals surface area contributed by atoms with Crippen LogP contribution >= 0.6 is 0 Å². The highest BCUT2D eigenvalue weighted by Crippen LogP contribution is 2.27. The number of carboxylic acid groups (broad SMARTS) is 1. The van der Waals surface area contributed by atoms with Crippen LogP contribution in [0.4, 0.5) is 21.6 Å². The van der Waals surface area contributed by atoms with Crippen molar-refractivity contribution >= 4 is 44.6 Å². The minimum absolute atomic E-state index is 0.250. The van der Waals surface area contributed by atoms with Crippen LogP contribution in [0, 0.1) is 12.7 Å². The molecule has 10 nitrogen and oxygen atoms in total. The first-order valence-electron chi connectivity index (χ1n) is 12.9. The van der Waals surface area contributed by atoms with Gasteiger partial charge < -0.3 is 19.9 Å². The standard InChI is InChI=1S/C29H29FN6O2S.CH2O2/c1-20-4-11-28(25(30)16-20)39(37,38)34-24-8-6-23(7-9-24)33-29-18-26(31-19-32-29)21-5-10-27-22(17-21)12-13-36(27)15-14-35(2)3;2-1-3/h4-13,16-19,34H,14-15H2,1-3H3,(H,31,32,33);1H,(H,2,3). The Morgan fingerprint density at radius 2 is 1.69 bits per heavy atom. The predicted octanol–water partition coefficient (Wildman–Crippen LogP) is 5.35. The fourth-order valence-corrected chi connectivity index (χ4v) is 5.37. The molecule has 0 bridgehead atoms. The number of aromatic nitrogens is 3. The molecule has 0 saturated heterocycles. The number of fused-ring (bicyclic) bond motifs is 1. The van der Waals surface area contributed by atoms with Crippen molar-refractivity contribution < 1.29 is 22.7 Å². The molecule has 0 atom stereocenters. The van der Waals surface area contributed by atoms with Crippen LogP contribution in [0.3, 0.4) is 0 Å². The highest BCUT2D eigenvalue weighted by molar-refractivity contribution is 7.92. The number of aryl methyl sites for hydroxylation is 1. The average Bonchev–Trinajstić information content (AvgIpc) is 3.35. The molecule has 2 heterocycles. The molecule has 0 aliphatic carbocycles. The monoisotopic (exact) mass is 590 g/mol. The summed E-state index contributed by atoms with van der Waals surface area (Å²) in [5.41, 5.74) is 4.59. The van der Waals surface area contributed by atoms with Crippen molar-refractivity contribution in [3.63, 3.8) is 0 Å². The van der Waals surface area contributed by atoms with Gasteiger partial charge in [-0.05, 0) is 81.2 Å². The lowest BCUT2D eigenvalue weighted by atomic mass is 10.1. The average molecular weight is 591 g/mol. The van der Waals surface area contributed by atoms with Gasteiger partial charge in [0.1, 0.15) is 22.9 Å². The van der Waals surface area contributed by atoms with Gasteiger partial charge in [0, 0.05) is 53.2 Å². The van der Waals surface area contributed by atoms with E-state index in [1.54, 1.807) is 37.3 Å². The lowest BCUT2D eigenvalue weighted by Gasteiger charge is -2.12. The number of likely N-dealkylation sites (N-methyl/N-ethyl adjacent to an activating group) is 1. The molecule has 3 N–H and O–H groups in total. The van der Waals surface area contributed by atoms with E-state index >= 15 is 0 Å². The summed E-state index contributed by atoms with van der Waals surface area (Å²) in [5, 5.41) is 11.3. The van der Waals surface area contributed by atoms with E-state index in [1.807, 2.05) is 6.07 Å². The zero-order valence-electron chi connectivity index (χ0n) is 23.3. The van der Waals surface area contributed by atoms with Crippen molar-refractivity contribution in [1.29, 1.82) is 0 Å². The van der Waals surface area contributed by atoms with Crippen LogP contribution in [-0.2, 0) is 21.4 Å². The van der Waals surface area contributed by atoms with Gasteiger partial charge in [-0.15, -0.1) is 0 Å². The summed E-state index contributed by atoms with van der Waals surface area (Å²) in [6.45, 7) is 3.33. The van der Waals surface area contributed by atoms with Crippen molar-refractivity contribution in [2.45, 2.75) is 18.4 Å². The van der Waals surface area contributed by atoms with Gasteiger partial charge in [0.25, 0.3) is 16.5 Å². The van der Waals surface area contributed by atoms with Crippen LogP contribution in [0.2, 0.25) is 0 Å². The van der Waals surface area contributed by atoms with E-state index in [0.29, 0.717) is 22.8 Å². The third kappa shape index (κ3) is 7.47. The Hall–Kier alpha value is -4.81. The molecule has 5 aromatic rings. The molecule has 12 heteroatoms. The van der Waals surface area contributed by atoms with Gasteiger partial charge in [-0.2, -0.15) is 0 Å². The quantitative estimate of drug-likeness (QED) is 0.196. The fraction of sp³-hybridized carbons (Fsp3) is 0.167. The van der Waals surface area contributed by atoms with Crippen molar-refractivity contribution in [2.75, 3.05) is 30.7 Å². The summed E-state index contributed by atoms with van der Waals surface area (Å²) in [4.78, 5) is 18.9. The molecule has 2 aromatic heterocycles. The second-order valence-corrected chi connectivity index (χ2v) is 11.4.